The van der Waals surface area contributed by atoms with E-state index in [4.69, 9.17) is 11.6 Å². The Hall–Kier alpha value is -0.600. The molecule has 1 N–H and O–H groups in total. The van der Waals surface area contributed by atoms with Crippen molar-refractivity contribution >= 4 is 11.6 Å². The van der Waals surface area contributed by atoms with Crippen molar-refractivity contribution < 1.29 is 4.39 Å². The topological polar surface area (TPSA) is 12.0 Å². The molecule has 0 aromatic heterocycles. The van der Waals surface area contributed by atoms with E-state index in [2.05, 4.69) is 19.2 Å². The van der Waals surface area contributed by atoms with Gasteiger partial charge >= 0.3 is 0 Å². The zero-order valence-electron chi connectivity index (χ0n) is 10.4. The van der Waals surface area contributed by atoms with Gasteiger partial charge in [-0.2, -0.15) is 0 Å². The maximum atomic E-state index is 14.0. The Morgan fingerprint density at radius 1 is 1.29 bits per heavy atom. The van der Waals surface area contributed by atoms with Crippen LogP contribution in [0.5, 0.6) is 0 Å². The molecule has 1 saturated heterocycles. The molecule has 0 radical (unpaired) electrons. The fourth-order valence-electron chi connectivity index (χ4n) is 2.86. The zero-order chi connectivity index (χ0) is 12.5. The third-order valence-corrected chi connectivity index (χ3v) is 4.28. The number of rotatable bonds is 2. The second-order valence-corrected chi connectivity index (χ2v) is 5.75. The predicted molar refractivity (Wildman–Crippen MR) is 70.0 cm³/mol. The Morgan fingerprint density at radius 3 is 2.53 bits per heavy atom. The summed E-state index contributed by atoms with van der Waals surface area (Å²) in [5, 5.41) is 3.89. The van der Waals surface area contributed by atoms with Crippen LogP contribution >= 0.6 is 11.6 Å². The molecule has 0 bridgehead atoms. The Bertz CT molecular complexity index is 377. The molecule has 0 atom stereocenters. The first kappa shape index (κ1) is 12.8. The van der Waals surface area contributed by atoms with E-state index in [1.54, 1.807) is 12.1 Å². The average Bonchev–Trinajstić information content (AvgIpc) is 2.29. The van der Waals surface area contributed by atoms with Gasteiger partial charge in [0.05, 0.1) is 0 Å². The molecule has 1 aliphatic rings. The molecule has 0 unspecified atom stereocenters. The van der Waals surface area contributed by atoms with Crippen LogP contribution in [0.25, 0.3) is 0 Å². The van der Waals surface area contributed by atoms with Gasteiger partial charge in [-0.3, -0.25) is 0 Å². The molecule has 1 heterocycles. The number of benzene rings is 1. The molecular formula is C14H19ClFN. The van der Waals surface area contributed by atoms with Crippen LogP contribution in [0.4, 0.5) is 4.39 Å². The highest BCUT2D eigenvalue weighted by Crippen LogP contribution is 2.41. The van der Waals surface area contributed by atoms with Crippen LogP contribution in [0.15, 0.2) is 18.2 Å². The second kappa shape index (κ2) is 4.95. The summed E-state index contributed by atoms with van der Waals surface area (Å²) in [6.45, 7) is 6.24. The van der Waals surface area contributed by atoms with Crippen LogP contribution in [0.2, 0.25) is 5.02 Å². The fourth-order valence-corrected chi connectivity index (χ4v) is 3.27. The van der Waals surface area contributed by atoms with Crippen molar-refractivity contribution in [1.29, 1.82) is 0 Å². The monoisotopic (exact) mass is 255 g/mol. The minimum Gasteiger partial charge on any atom is -0.317 e. The molecule has 1 aromatic rings. The average molecular weight is 256 g/mol. The van der Waals surface area contributed by atoms with Crippen molar-refractivity contribution in [3.05, 3.63) is 34.6 Å². The molecule has 0 aliphatic carbocycles. The van der Waals surface area contributed by atoms with E-state index in [0.717, 1.165) is 25.9 Å². The van der Waals surface area contributed by atoms with E-state index in [9.17, 15) is 4.39 Å². The molecule has 94 valence electrons. The van der Waals surface area contributed by atoms with Gasteiger partial charge in [0.1, 0.15) is 5.82 Å². The molecule has 0 spiro atoms. The minimum atomic E-state index is -0.204. The third kappa shape index (κ3) is 2.48. The highest BCUT2D eigenvalue weighted by molar-refractivity contribution is 6.31. The van der Waals surface area contributed by atoms with Gasteiger partial charge in [0.15, 0.2) is 0 Å². The van der Waals surface area contributed by atoms with Gasteiger partial charge in [0.2, 0.25) is 0 Å². The van der Waals surface area contributed by atoms with Gasteiger partial charge in [-0.1, -0.05) is 31.5 Å². The van der Waals surface area contributed by atoms with E-state index in [0.29, 0.717) is 16.5 Å². The van der Waals surface area contributed by atoms with E-state index in [1.165, 1.54) is 6.07 Å². The Labute approximate surface area is 107 Å². The van der Waals surface area contributed by atoms with Crippen molar-refractivity contribution in [3.63, 3.8) is 0 Å². The lowest BCUT2D eigenvalue weighted by atomic mass is 9.69. The molecule has 1 aliphatic heterocycles. The molecule has 1 nitrogen and oxygen atoms in total. The van der Waals surface area contributed by atoms with Crippen LogP contribution < -0.4 is 5.32 Å². The maximum absolute atomic E-state index is 14.0. The van der Waals surface area contributed by atoms with Crippen molar-refractivity contribution in [2.45, 2.75) is 32.1 Å². The lowest BCUT2D eigenvalue weighted by Crippen LogP contribution is -2.38. The highest BCUT2D eigenvalue weighted by atomic mass is 35.5. The van der Waals surface area contributed by atoms with Crippen molar-refractivity contribution in [3.8, 4) is 0 Å². The first-order valence-electron chi connectivity index (χ1n) is 6.18. The Kier molecular flexibility index (Phi) is 3.74. The van der Waals surface area contributed by atoms with Gasteiger partial charge in [-0.25, -0.2) is 4.39 Å². The summed E-state index contributed by atoms with van der Waals surface area (Å²) in [6, 6.07) is 4.95. The summed E-state index contributed by atoms with van der Waals surface area (Å²) in [6.07, 6.45) is 2.16. The molecular weight excluding hydrogens is 237 g/mol. The van der Waals surface area contributed by atoms with Crippen molar-refractivity contribution in [2.24, 2.45) is 5.92 Å². The maximum Gasteiger partial charge on any atom is 0.128 e. The Morgan fingerprint density at radius 2 is 1.94 bits per heavy atom. The largest absolute Gasteiger partial charge is 0.317 e. The molecule has 1 aromatic carbocycles. The first-order chi connectivity index (χ1) is 8.03. The van der Waals surface area contributed by atoms with Crippen LogP contribution in [0.1, 0.15) is 32.3 Å². The summed E-state index contributed by atoms with van der Waals surface area (Å²) >= 11 is 6.18. The lowest BCUT2D eigenvalue weighted by Gasteiger charge is -2.38. The number of piperidine rings is 1. The van der Waals surface area contributed by atoms with E-state index in [-0.39, 0.29) is 11.2 Å². The number of halogens is 2. The van der Waals surface area contributed by atoms with Crippen LogP contribution in [0.3, 0.4) is 0 Å². The first-order valence-corrected chi connectivity index (χ1v) is 6.56. The number of hydrogen-bond donors (Lipinski definition) is 1. The van der Waals surface area contributed by atoms with Gasteiger partial charge < -0.3 is 5.32 Å². The smallest absolute Gasteiger partial charge is 0.128 e. The van der Waals surface area contributed by atoms with Gasteiger partial charge in [0.25, 0.3) is 0 Å². The van der Waals surface area contributed by atoms with Crippen LogP contribution in [0, 0.1) is 11.7 Å². The molecule has 0 amide bonds. The highest BCUT2D eigenvalue weighted by Gasteiger charge is 2.35. The van der Waals surface area contributed by atoms with Gasteiger partial charge in [-0.05, 0) is 49.4 Å². The molecule has 1 fully saturated rings. The SMILES string of the molecule is CC(C)(c1c(F)cccc1Cl)C1CCNCC1. The lowest BCUT2D eigenvalue weighted by molar-refractivity contribution is 0.241. The van der Waals surface area contributed by atoms with Gasteiger partial charge in [-0.15, -0.1) is 0 Å². The predicted octanol–water partition coefficient (Wildman–Crippen LogP) is 3.76. The Balaban J connectivity index is 2.36. The normalized spacial score (nSPS) is 18.4. The molecule has 0 saturated carbocycles. The summed E-state index contributed by atoms with van der Waals surface area (Å²) in [4.78, 5) is 0. The zero-order valence-corrected chi connectivity index (χ0v) is 11.1. The summed E-state index contributed by atoms with van der Waals surface area (Å²) in [7, 11) is 0. The second-order valence-electron chi connectivity index (χ2n) is 5.34. The van der Waals surface area contributed by atoms with Crippen LogP contribution in [-0.4, -0.2) is 13.1 Å². The summed E-state index contributed by atoms with van der Waals surface area (Å²) in [5.74, 6) is 0.305. The number of hydrogen-bond acceptors (Lipinski definition) is 1. The summed E-state index contributed by atoms with van der Waals surface area (Å²) < 4.78 is 14.0. The summed E-state index contributed by atoms with van der Waals surface area (Å²) in [5.41, 5.74) is 0.471. The van der Waals surface area contributed by atoms with E-state index < -0.39 is 0 Å². The van der Waals surface area contributed by atoms with Crippen molar-refractivity contribution in [2.75, 3.05) is 13.1 Å². The number of nitrogens with one attached hydrogen (secondary N) is 1. The van der Waals surface area contributed by atoms with E-state index >= 15 is 0 Å². The standard InChI is InChI=1S/C14H19ClFN/c1-14(2,10-6-8-17-9-7-10)13-11(15)4-3-5-12(13)16/h3-5,10,17H,6-9H2,1-2H3. The van der Waals surface area contributed by atoms with Crippen LogP contribution in [-0.2, 0) is 5.41 Å². The molecule has 2 rings (SSSR count). The quantitative estimate of drug-likeness (QED) is 0.849. The fraction of sp³-hybridized carbons (Fsp3) is 0.571. The van der Waals surface area contributed by atoms with Gasteiger partial charge in [0, 0.05) is 10.6 Å². The molecule has 3 heteroatoms. The van der Waals surface area contributed by atoms with E-state index in [1.807, 2.05) is 0 Å². The molecule has 17 heavy (non-hydrogen) atoms. The minimum absolute atomic E-state index is 0.180. The third-order valence-electron chi connectivity index (χ3n) is 3.97. The van der Waals surface area contributed by atoms with Crippen molar-refractivity contribution in [1.82, 2.24) is 5.32 Å².